The van der Waals surface area contributed by atoms with Crippen LogP contribution in [0.4, 0.5) is 0 Å². The molecule has 0 spiro atoms. The summed E-state index contributed by atoms with van der Waals surface area (Å²) in [5, 5.41) is 38.7. The van der Waals surface area contributed by atoms with Gasteiger partial charge in [-0.2, -0.15) is 0 Å². The highest BCUT2D eigenvalue weighted by Gasteiger charge is 2.50. The van der Waals surface area contributed by atoms with Crippen molar-refractivity contribution in [1.82, 2.24) is 9.88 Å². The number of likely N-dealkylation sites (N-methyl/N-ethyl adjacent to an activating group) is 1. The lowest BCUT2D eigenvalue weighted by Gasteiger charge is -2.39. The van der Waals surface area contributed by atoms with Crippen LogP contribution in [0.25, 0.3) is 0 Å². The van der Waals surface area contributed by atoms with E-state index < -0.39 is 42.8 Å². The molecule has 0 unspecified atom stereocenters. The Morgan fingerprint density at radius 2 is 1.96 bits per heavy atom. The van der Waals surface area contributed by atoms with Gasteiger partial charge in [-0.1, -0.05) is 6.07 Å². The molecule has 0 aromatic carbocycles. The first-order valence-electron chi connectivity index (χ1n) is 8.48. The third-order valence-electron chi connectivity index (χ3n) is 4.96. The molecule has 7 atom stereocenters. The summed E-state index contributed by atoms with van der Waals surface area (Å²) in [6.45, 7) is 1.85. The molecule has 1 amide bonds. The van der Waals surface area contributed by atoms with Crippen molar-refractivity contribution in [2.75, 3.05) is 7.05 Å². The van der Waals surface area contributed by atoms with E-state index in [1.54, 1.807) is 13.2 Å². The average Bonchev–Trinajstić information content (AvgIpc) is 2.91. The number of aryl methyl sites for hydroxylation is 1. The molecule has 27 heavy (non-hydrogen) atoms. The minimum absolute atomic E-state index is 0.239. The van der Waals surface area contributed by atoms with Gasteiger partial charge in [0.25, 0.3) is 5.91 Å². The first-order chi connectivity index (χ1) is 12.7. The number of hydrogen-bond acceptors (Lipinski definition) is 8. The third-order valence-corrected chi connectivity index (χ3v) is 4.96. The van der Waals surface area contributed by atoms with Gasteiger partial charge in [-0.25, -0.2) is 4.79 Å². The Bertz CT molecular complexity index is 711. The van der Waals surface area contributed by atoms with E-state index in [9.17, 15) is 24.9 Å². The number of carbonyl (C=O) groups excluding carboxylic acids is 1. The highest BCUT2D eigenvalue weighted by molar-refractivity contribution is 5.83. The van der Waals surface area contributed by atoms with Crippen LogP contribution < -0.4 is 0 Å². The number of rotatable bonds is 4. The van der Waals surface area contributed by atoms with Crippen molar-refractivity contribution in [2.45, 2.75) is 56.2 Å². The SMILES string of the molecule is Cc1ccc([C@@H]2C[C@@H](O[C@@H]3O[C@H](C(=O)O)[C@@H](O)[C@H](O)[C@H]3O)C(=O)N2C)cn1. The topological polar surface area (TPSA) is 150 Å². The van der Waals surface area contributed by atoms with Gasteiger partial charge in [0.2, 0.25) is 0 Å². The summed E-state index contributed by atoms with van der Waals surface area (Å²) in [6, 6.07) is 3.37. The van der Waals surface area contributed by atoms with Crippen LogP contribution in [-0.4, -0.2) is 86.0 Å². The number of carboxylic acid groups (broad SMARTS) is 1. The van der Waals surface area contributed by atoms with Crippen LogP contribution in [0.1, 0.15) is 23.7 Å². The standard InChI is InChI=1S/C17H22N2O8/c1-7-3-4-8(6-18-7)9-5-10(15(23)19(9)2)26-17-13(22)11(20)12(21)14(27-17)16(24)25/h3-4,6,9-14,17,20-22H,5H2,1-2H3,(H,24,25)/t9-,10+,11-,12-,13+,14-,17+/m0/s1. The molecular formula is C17H22N2O8. The quantitative estimate of drug-likeness (QED) is 0.491. The number of amides is 1. The zero-order valence-corrected chi connectivity index (χ0v) is 14.8. The van der Waals surface area contributed by atoms with Crippen molar-refractivity contribution in [2.24, 2.45) is 0 Å². The summed E-state index contributed by atoms with van der Waals surface area (Å²) in [7, 11) is 1.60. The van der Waals surface area contributed by atoms with Crippen LogP contribution in [0.15, 0.2) is 18.3 Å². The van der Waals surface area contributed by atoms with Gasteiger partial charge in [0.15, 0.2) is 12.4 Å². The fourth-order valence-electron chi connectivity index (χ4n) is 3.32. The lowest BCUT2D eigenvalue weighted by atomic mass is 9.99. The second kappa shape index (κ2) is 7.49. The predicted octanol–water partition coefficient (Wildman–Crippen LogP) is -1.43. The number of pyridine rings is 1. The lowest BCUT2D eigenvalue weighted by Crippen LogP contribution is -2.61. The Morgan fingerprint density at radius 3 is 2.56 bits per heavy atom. The molecule has 4 N–H and O–H groups in total. The summed E-state index contributed by atoms with van der Waals surface area (Å²) >= 11 is 0. The van der Waals surface area contributed by atoms with Crippen LogP contribution in [-0.2, 0) is 19.1 Å². The van der Waals surface area contributed by atoms with Crippen LogP contribution in [0.5, 0.6) is 0 Å². The number of aliphatic hydroxyl groups excluding tert-OH is 3. The predicted molar refractivity (Wildman–Crippen MR) is 88.3 cm³/mol. The number of aliphatic hydroxyl groups is 3. The first-order valence-corrected chi connectivity index (χ1v) is 8.48. The van der Waals surface area contributed by atoms with E-state index in [1.165, 1.54) is 4.90 Å². The number of ether oxygens (including phenoxy) is 2. The molecule has 2 fully saturated rings. The smallest absolute Gasteiger partial charge is 0.335 e. The molecule has 0 aliphatic carbocycles. The number of likely N-dealkylation sites (tertiary alicyclic amines) is 1. The average molecular weight is 382 g/mol. The fraction of sp³-hybridized carbons (Fsp3) is 0.588. The van der Waals surface area contributed by atoms with Crippen molar-refractivity contribution in [1.29, 1.82) is 0 Å². The van der Waals surface area contributed by atoms with Crippen LogP contribution in [0, 0.1) is 6.92 Å². The summed E-state index contributed by atoms with van der Waals surface area (Å²) in [5.41, 5.74) is 1.65. The summed E-state index contributed by atoms with van der Waals surface area (Å²) in [6.07, 6.45) is -7.74. The largest absolute Gasteiger partial charge is 0.479 e. The van der Waals surface area contributed by atoms with E-state index >= 15 is 0 Å². The summed E-state index contributed by atoms with van der Waals surface area (Å²) < 4.78 is 10.6. The molecule has 3 rings (SSSR count). The van der Waals surface area contributed by atoms with Crippen LogP contribution in [0.3, 0.4) is 0 Å². The van der Waals surface area contributed by atoms with E-state index in [2.05, 4.69) is 4.98 Å². The molecule has 148 valence electrons. The van der Waals surface area contributed by atoms with Crippen LogP contribution >= 0.6 is 0 Å². The van der Waals surface area contributed by atoms with Gasteiger partial charge in [-0.15, -0.1) is 0 Å². The normalized spacial score (nSPS) is 36.9. The van der Waals surface area contributed by atoms with E-state index in [1.807, 2.05) is 19.1 Å². The number of hydrogen-bond donors (Lipinski definition) is 4. The Labute approximate surface area is 155 Å². The van der Waals surface area contributed by atoms with Crippen molar-refractivity contribution >= 4 is 11.9 Å². The molecule has 10 nitrogen and oxygen atoms in total. The minimum Gasteiger partial charge on any atom is -0.479 e. The van der Waals surface area contributed by atoms with Gasteiger partial charge in [-0.3, -0.25) is 9.78 Å². The van der Waals surface area contributed by atoms with Gasteiger partial charge < -0.3 is 34.8 Å². The van der Waals surface area contributed by atoms with Crippen molar-refractivity contribution in [3.8, 4) is 0 Å². The van der Waals surface area contributed by atoms with E-state index in [0.29, 0.717) is 0 Å². The monoisotopic (exact) mass is 382 g/mol. The Morgan fingerprint density at radius 1 is 1.26 bits per heavy atom. The number of aliphatic carboxylic acids is 1. The molecule has 0 saturated carbocycles. The maximum Gasteiger partial charge on any atom is 0.335 e. The minimum atomic E-state index is -1.81. The van der Waals surface area contributed by atoms with Gasteiger partial charge in [-0.05, 0) is 18.6 Å². The third kappa shape index (κ3) is 3.66. The highest BCUT2D eigenvalue weighted by atomic mass is 16.7. The molecule has 1 aromatic rings. The van der Waals surface area contributed by atoms with Crippen molar-refractivity contribution in [3.63, 3.8) is 0 Å². The number of nitrogens with zero attached hydrogens (tertiary/aromatic N) is 2. The summed E-state index contributed by atoms with van der Waals surface area (Å²) in [4.78, 5) is 29.4. The second-order valence-corrected chi connectivity index (χ2v) is 6.79. The van der Waals surface area contributed by atoms with Crippen molar-refractivity contribution < 1.29 is 39.5 Å². The molecule has 3 heterocycles. The number of carboxylic acids is 1. The molecule has 2 saturated heterocycles. The van der Waals surface area contributed by atoms with Gasteiger partial charge in [0, 0.05) is 25.4 Å². The Balaban J connectivity index is 1.74. The molecule has 0 radical (unpaired) electrons. The zero-order chi connectivity index (χ0) is 19.9. The Hall–Kier alpha value is -2.11. The summed E-state index contributed by atoms with van der Waals surface area (Å²) in [5.74, 6) is -1.88. The zero-order valence-electron chi connectivity index (χ0n) is 14.8. The molecular weight excluding hydrogens is 360 g/mol. The van der Waals surface area contributed by atoms with E-state index in [0.717, 1.165) is 11.3 Å². The van der Waals surface area contributed by atoms with Gasteiger partial charge >= 0.3 is 5.97 Å². The van der Waals surface area contributed by atoms with Gasteiger partial charge in [0.1, 0.15) is 24.4 Å². The molecule has 10 heteroatoms. The molecule has 2 aliphatic rings. The number of aromatic nitrogens is 1. The maximum atomic E-state index is 12.5. The number of carbonyl (C=O) groups is 2. The van der Waals surface area contributed by atoms with Crippen LogP contribution in [0.2, 0.25) is 0 Å². The maximum absolute atomic E-state index is 12.5. The van der Waals surface area contributed by atoms with E-state index in [-0.39, 0.29) is 18.4 Å². The second-order valence-electron chi connectivity index (χ2n) is 6.79. The van der Waals surface area contributed by atoms with Crippen molar-refractivity contribution in [3.05, 3.63) is 29.6 Å². The van der Waals surface area contributed by atoms with Gasteiger partial charge in [0.05, 0.1) is 6.04 Å². The van der Waals surface area contributed by atoms with E-state index in [4.69, 9.17) is 14.6 Å². The Kier molecular flexibility index (Phi) is 5.45. The molecule has 2 aliphatic heterocycles. The first kappa shape index (κ1) is 19.6. The highest BCUT2D eigenvalue weighted by Crippen LogP contribution is 2.34. The molecule has 1 aromatic heterocycles. The fourth-order valence-corrected chi connectivity index (χ4v) is 3.32. The lowest BCUT2D eigenvalue weighted by molar-refractivity contribution is -0.301. The molecule has 0 bridgehead atoms.